The molecule has 4 rings (SSSR count). The second-order valence-corrected chi connectivity index (χ2v) is 9.46. The van der Waals surface area contributed by atoms with Gasteiger partial charge < -0.3 is 9.57 Å². The lowest BCUT2D eigenvalue weighted by Gasteiger charge is -2.27. The van der Waals surface area contributed by atoms with Gasteiger partial charge in [0.2, 0.25) is 0 Å². The third-order valence-electron chi connectivity index (χ3n) is 5.29. The lowest BCUT2D eigenvalue weighted by molar-refractivity contribution is -0.00450. The largest absolute Gasteiger partial charge is 0.497 e. The lowest BCUT2D eigenvalue weighted by Crippen LogP contribution is -2.35. The van der Waals surface area contributed by atoms with Crippen LogP contribution in [0.2, 0.25) is 0 Å². The second kappa shape index (κ2) is 7.95. The number of hydrogen-bond acceptors (Lipinski definition) is 5. The van der Waals surface area contributed by atoms with Gasteiger partial charge in [-0.1, -0.05) is 65.3 Å². The highest BCUT2D eigenvalue weighted by Crippen LogP contribution is 2.39. The molecule has 0 saturated heterocycles. The number of aryl methyl sites for hydroxylation is 1. The van der Waals surface area contributed by atoms with Gasteiger partial charge in [0.05, 0.1) is 17.7 Å². The van der Waals surface area contributed by atoms with E-state index in [1.807, 2.05) is 61.5 Å². The first-order chi connectivity index (χ1) is 14.4. The molecule has 3 aromatic rings. The molecule has 0 fully saturated rings. The van der Waals surface area contributed by atoms with Gasteiger partial charge in [0, 0.05) is 12.0 Å². The van der Waals surface area contributed by atoms with Crippen LogP contribution >= 0.6 is 0 Å². The summed E-state index contributed by atoms with van der Waals surface area (Å²) < 4.78 is 31.8. The summed E-state index contributed by atoms with van der Waals surface area (Å²) in [5.41, 5.74) is 2.23. The maximum atomic E-state index is 13.3. The van der Waals surface area contributed by atoms with E-state index in [-0.39, 0.29) is 10.6 Å². The van der Waals surface area contributed by atoms with Crippen molar-refractivity contribution in [2.24, 2.45) is 5.16 Å². The molecule has 0 aliphatic carbocycles. The SMILES string of the molecule is COc1cccc(C2=NO[C@](CS(=O)(=O)c3ccc(C)cc3)(c3ccccc3)C2)c1. The first-order valence-corrected chi connectivity index (χ1v) is 11.3. The summed E-state index contributed by atoms with van der Waals surface area (Å²) in [6.07, 6.45) is 0.343. The Hall–Kier alpha value is -3.12. The zero-order valence-corrected chi connectivity index (χ0v) is 17.7. The normalized spacial score (nSPS) is 18.5. The number of sulfone groups is 1. The second-order valence-electron chi connectivity index (χ2n) is 7.47. The molecule has 0 N–H and O–H groups in total. The van der Waals surface area contributed by atoms with Crippen LogP contribution in [-0.4, -0.2) is 27.0 Å². The first-order valence-electron chi connectivity index (χ1n) is 9.66. The highest BCUT2D eigenvalue weighted by Gasteiger charge is 2.45. The Labute approximate surface area is 176 Å². The number of hydrogen-bond donors (Lipinski definition) is 0. The van der Waals surface area contributed by atoms with Crippen molar-refractivity contribution in [2.45, 2.75) is 23.8 Å². The summed E-state index contributed by atoms with van der Waals surface area (Å²) in [6.45, 7) is 1.93. The molecule has 0 unspecified atom stereocenters. The molecule has 0 radical (unpaired) electrons. The number of oxime groups is 1. The van der Waals surface area contributed by atoms with Crippen molar-refractivity contribution in [3.8, 4) is 5.75 Å². The number of rotatable bonds is 6. The minimum absolute atomic E-state index is 0.204. The highest BCUT2D eigenvalue weighted by molar-refractivity contribution is 7.91. The van der Waals surface area contributed by atoms with Gasteiger partial charge in [-0.05, 0) is 36.8 Å². The molecule has 0 spiro atoms. The summed E-state index contributed by atoms with van der Waals surface area (Å²) in [4.78, 5) is 6.20. The van der Waals surface area contributed by atoms with Gasteiger partial charge in [-0.3, -0.25) is 0 Å². The Morgan fingerprint density at radius 3 is 2.43 bits per heavy atom. The predicted molar refractivity (Wildman–Crippen MR) is 117 cm³/mol. The molecule has 6 heteroatoms. The fourth-order valence-corrected chi connectivity index (χ4v) is 5.28. The Morgan fingerprint density at radius 1 is 1.00 bits per heavy atom. The molecule has 5 nitrogen and oxygen atoms in total. The van der Waals surface area contributed by atoms with Crippen molar-refractivity contribution in [3.05, 3.63) is 95.6 Å². The lowest BCUT2D eigenvalue weighted by atomic mass is 9.89. The summed E-state index contributed by atoms with van der Waals surface area (Å²) in [7, 11) is -2.00. The van der Waals surface area contributed by atoms with Crippen LogP contribution in [0.1, 0.15) is 23.1 Å². The zero-order valence-electron chi connectivity index (χ0n) is 16.9. The molecule has 154 valence electrons. The van der Waals surface area contributed by atoms with Crippen molar-refractivity contribution < 1.29 is 18.0 Å². The van der Waals surface area contributed by atoms with Crippen LogP contribution in [0.4, 0.5) is 0 Å². The molecule has 0 bridgehead atoms. The molecule has 0 amide bonds. The maximum Gasteiger partial charge on any atom is 0.182 e. The van der Waals surface area contributed by atoms with Crippen molar-refractivity contribution in [1.29, 1.82) is 0 Å². The van der Waals surface area contributed by atoms with Gasteiger partial charge in [-0.2, -0.15) is 0 Å². The van der Waals surface area contributed by atoms with E-state index in [0.717, 1.165) is 16.7 Å². The number of benzene rings is 3. The van der Waals surface area contributed by atoms with E-state index in [1.165, 1.54) is 0 Å². The molecule has 3 aromatic carbocycles. The molecule has 30 heavy (non-hydrogen) atoms. The number of methoxy groups -OCH3 is 1. The van der Waals surface area contributed by atoms with Crippen molar-refractivity contribution >= 4 is 15.5 Å². The smallest absolute Gasteiger partial charge is 0.182 e. The van der Waals surface area contributed by atoms with Crippen molar-refractivity contribution in [1.82, 2.24) is 0 Å². The van der Waals surface area contributed by atoms with Crippen molar-refractivity contribution in [3.63, 3.8) is 0 Å². The van der Waals surface area contributed by atoms with E-state index < -0.39 is 15.4 Å². The molecule has 1 heterocycles. The van der Waals surface area contributed by atoms with Crippen molar-refractivity contribution in [2.75, 3.05) is 12.9 Å². The van der Waals surface area contributed by atoms with Crippen LogP contribution in [0.25, 0.3) is 0 Å². The standard InChI is InChI=1S/C24H23NO4S/c1-18-11-13-22(14-12-18)30(26,27)17-24(20-8-4-3-5-9-20)16-23(25-29-24)19-7-6-10-21(15-19)28-2/h3-15H,16-17H2,1-2H3/t24-/m1/s1. The molecule has 0 saturated carbocycles. The average Bonchev–Trinajstić information content (AvgIpc) is 3.19. The maximum absolute atomic E-state index is 13.3. The molecule has 0 aromatic heterocycles. The summed E-state index contributed by atoms with van der Waals surface area (Å²) in [5, 5.41) is 4.30. The minimum atomic E-state index is -3.61. The van der Waals surface area contributed by atoms with Gasteiger partial charge in [-0.25, -0.2) is 8.42 Å². The number of ether oxygens (including phenoxy) is 1. The first kappa shape index (κ1) is 20.2. The van der Waals surface area contributed by atoms with Crippen LogP contribution in [0.3, 0.4) is 0 Å². The molecular formula is C24H23NO4S. The molecular weight excluding hydrogens is 398 g/mol. The van der Waals surface area contributed by atoms with E-state index >= 15 is 0 Å². The Bertz CT molecular complexity index is 1170. The predicted octanol–water partition coefficient (Wildman–Crippen LogP) is 4.50. The average molecular weight is 422 g/mol. The Morgan fingerprint density at radius 2 is 1.73 bits per heavy atom. The minimum Gasteiger partial charge on any atom is -0.497 e. The van der Waals surface area contributed by atoms with E-state index in [0.29, 0.717) is 17.9 Å². The quantitative estimate of drug-likeness (QED) is 0.588. The van der Waals surface area contributed by atoms with Crippen LogP contribution in [-0.2, 0) is 20.3 Å². The third kappa shape index (κ3) is 3.96. The van der Waals surface area contributed by atoms with Crippen LogP contribution < -0.4 is 4.74 Å². The van der Waals surface area contributed by atoms with E-state index in [2.05, 4.69) is 5.16 Å². The third-order valence-corrected chi connectivity index (χ3v) is 7.13. The Balaban J connectivity index is 1.70. The van der Waals surface area contributed by atoms with E-state index in [4.69, 9.17) is 9.57 Å². The fraction of sp³-hybridized carbons (Fsp3) is 0.208. The molecule has 1 atom stereocenters. The van der Waals surface area contributed by atoms with Gasteiger partial charge >= 0.3 is 0 Å². The topological polar surface area (TPSA) is 65.0 Å². The van der Waals surface area contributed by atoms with Crippen LogP contribution in [0.15, 0.2) is 88.9 Å². The van der Waals surface area contributed by atoms with Gasteiger partial charge in [0.25, 0.3) is 0 Å². The van der Waals surface area contributed by atoms with E-state index in [1.54, 1.807) is 31.4 Å². The van der Waals surface area contributed by atoms with E-state index in [9.17, 15) is 8.42 Å². The highest BCUT2D eigenvalue weighted by atomic mass is 32.2. The van der Waals surface area contributed by atoms with Gasteiger partial charge in [-0.15, -0.1) is 0 Å². The van der Waals surface area contributed by atoms with Gasteiger partial charge in [0.15, 0.2) is 15.4 Å². The van der Waals surface area contributed by atoms with Crippen LogP contribution in [0.5, 0.6) is 5.75 Å². The summed E-state index contributed by atoms with van der Waals surface area (Å²) >= 11 is 0. The summed E-state index contributed by atoms with van der Waals surface area (Å²) in [5.74, 6) is 0.504. The Kier molecular flexibility index (Phi) is 5.35. The van der Waals surface area contributed by atoms with Crippen LogP contribution in [0, 0.1) is 6.92 Å². The zero-order chi connectivity index (χ0) is 21.2. The summed E-state index contributed by atoms with van der Waals surface area (Å²) in [6, 6.07) is 23.8. The monoisotopic (exact) mass is 421 g/mol. The fourth-order valence-electron chi connectivity index (χ4n) is 3.63. The molecule has 1 aliphatic rings. The number of nitrogens with zero attached hydrogens (tertiary/aromatic N) is 1. The van der Waals surface area contributed by atoms with Gasteiger partial charge in [0.1, 0.15) is 11.5 Å². The molecule has 1 aliphatic heterocycles.